The lowest BCUT2D eigenvalue weighted by Crippen LogP contribution is -2.44. The van der Waals surface area contributed by atoms with Gasteiger partial charge in [0.2, 0.25) is 5.91 Å². The number of amides is 6. The van der Waals surface area contributed by atoms with E-state index in [0.29, 0.717) is 5.56 Å². The zero-order valence-electron chi connectivity index (χ0n) is 13.9. The van der Waals surface area contributed by atoms with Crippen molar-refractivity contribution in [2.24, 2.45) is 0 Å². The van der Waals surface area contributed by atoms with E-state index >= 15 is 0 Å². The molecule has 1 atom stereocenters. The summed E-state index contributed by atoms with van der Waals surface area (Å²) in [6.07, 6.45) is 0.0555. The van der Waals surface area contributed by atoms with Gasteiger partial charge in [-0.3, -0.25) is 19.8 Å². The highest BCUT2D eigenvalue weighted by atomic mass is 19.1. The number of nitrogens with one attached hydrogen (secondary N) is 3. The first-order valence-electron chi connectivity index (χ1n) is 7.75. The van der Waals surface area contributed by atoms with Gasteiger partial charge in [-0.1, -0.05) is 19.1 Å². The molecule has 1 aliphatic rings. The number of carbonyl (C=O) groups excluding carboxylic acids is 4. The van der Waals surface area contributed by atoms with E-state index in [1.54, 1.807) is 6.92 Å². The summed E-state index contributed by atoms with van der Waals surface area (Å²) >= 11 is 0. The van der Waals surface area contributed by atoms with Crippen molar-refractivity contribution in [2.75, 3.05) is 13.6 Å². The molecule has 2 rings (SSSR count). The number of nitrogens with zero attached hydrogens (tertiary/aromatic N) is 1. The summed E-state index contributed by atoms with van der Waals surface area (Å²) in [6, 6.07) is 4.01. The van der Waals surface area contributed by atoms with Crippen LogP contribution in [0.2, 0.25) is 0 Å². The molecule has 6 amide bonds. The summed E-state index contributed by atoms with van der Waals surface area (Å²) in [5, 5.41) is 6.92. The van der Waals surface area contributed by atoms with Crippen molar-refractivity contribution in [1.82, 2.24) is 20.9 Å². The van der Waals surface area contributed by atoms with Gasteiger partial charge in [0.1, 0.15) is 11.4 Å². The second-order valence-corrected chi connectivity index (χ2v) is 5.53. The maximum Gasteiger partial charge on any atom is 0.325 e. The Labute approximate surface area is 143 Å². The van der Waals surface area contributed by atoms with E-state index in [9.17, 15) is 23.6 Å². The first-order valence-corrected chi connectivity index (χ1v) is 7.75. The quantitative estimate of drug-likeness (QED) is 0.684. The molecule has 0 radical (unpaired) electrons. The van der Waals surface area contributed by atoms with Gasteiger partial charge in [-0.05, 0) is 24.1 Å². The molecule has 1 aromatic carbocycles. The van der Waals surface area contributed by atoms with Crippen molar-refractivity contribution in [1.29, 1.82) is 0 Å². The number of carbonyl (C=O) groups is 4. The maximum absolute atomic E-state index is 13.1. The van der Waals surface area contributed by atoms with Crippen molar-refractivity contribution in [3.05, 3.63) is 35.6 Å². The number of halogens is 1. The smallest absolute Gasteiger partial charge is 0.325 e. The van der Waals surface area contributed by atoms with E-state index in [0.717, 1.165) is 4.90 Å². The second-order valence-electron chi connectivity index (χ2n) is 5.53. The molecule has 1 aromatic rings. The van der Waals surface area contributed by atoms with Crippen LogP contribution in [0.1, 0.15) is 25.3 Å². The number of hydrogen-bond acceptors (Lipinski definition) is 4. The van der Waals surface area contributed by atoms with Crippen LogP contribution < -0.4 is 16.0 Å². The summed E-state index contributed by atoms with van der Waals surface area (Å²) in [7, 11) is 1.36. The Morgan fingerprint density at radius 2 is 1.88 bits per heavy atom. The van der Waals surface area contributed by atoms with Gasteiger partial charge in [0, 0.05) is 20.0 Å². The second kappa shape index (κ2) is 7.29. The van der Waals surface area contributed by atoms with E-state index in [1.165, 1.54) is 31.3 Å². The Morgan fingerprint density at radius 1 is 1.24 bits per heavy atom. The fraction of sp³-hybridized carbons (Fsp3) is 0.375. The Hall–Kier alpha value is -2.97. The maximum atomic E-state index is 13.1. The van der Waals surface area contributed by atoms with Gasteiger partial charge in [0.05, 0.1) is 0 Å². The van der Waals surface area contributed by atoms with Crippen LogP contribution in [0.15, 0.2) is 24.3 Å². The van der Waals surface area contributed by atoms with Crippen LogP contribution in [0.5, 0.6) is 0 Å². The Kier molecular flexibility index (Phi) is 5.35. The fourth-order valence-corrected chi connectivity index (χ4v) is 2.67. The summed E-state index contributed by atoms with van der Waals surface area (Å²) in [5.74, 6) is -1.58. The average molecular weight is 350 g/mol. The van der Waals surface area contributed by atoms with E-state index in [4.69, 9.17) is 0 Å². The first-order chi connectivity index (χ1) is 11.8. The molecular weight excluding hydrogens is 331 g/mol. The topological polar surface area (TPSA) is 108 Å². The molecule has 1 fully saturated rings. The lowest BCUT2D eigenvalue weighted by atomic mass is 9.87. The largest absolute Gasteiger partial charge is 0.341 e. The molecule has 1 heterocycles. The standard InChI is InChI=1S/C16H19FN4O4/c1-3-16(10-4-6-11(17)7-5-10)13(23)21(15(25)20-16)9-8-12(22)19-14(24)18-2/h4-7H,3,8-9H2,1-2H3,(H,20,25)(H2,18,19,22,24). The normalized spacial score (nSPS) is 19.6. The third kappa shape index (κ3) is 3.59. The summed E-state index contributed by atoms with van der Waals surface area (Å²) in [4.78, 5) is 48.6. The van der Waals surface area contributed by atoms with Gasteiger partial charge in [-0.25, -0.2) is 14.0 Å². The first kappa shape index (κ1) is 18.4. The van der Waals surface area contributed by atoms with Gasteiger partial charge >= 0.3 is 12.1 Å². The van der Waals surface area contributed by atoms with Crippen LogP contribution in [0.3, 0.4) is 0 Å². The molecule has 1 unspecified atom stereocenters. The molecular formula is C16H19FN4O4. The van der Waals surface area contributed by atoms with E-state index in [1.807, 2.05) is 0 Å². The summed E-state index contributed by atoms with van der Waals surface area (Å²) in [5.41, 5.74) is -0.825. The molecule has 0 aliphatic carbocycles. The van der Waals surface area contributed by atoms with E-state index in [-0.39, 0.29) is 19.4 Å². The van der Waals surface area contributed by atoms with Gasteiger partial charge in [0.15, 0.2) is 0 Å². The van der Waals surface area contributed by atoms with E-state index < -0.39 is 35.2 Å². The molecule has 0 aromatic heterocycles. The van der Waals surface area contributed by atoms with Crippen LogP contribution in [-0.2, 0) is 15.1 Å². The van der Waals surface area contributed by atoms with E-state index in [2.05, 4.69) is 16.0 Å². The van der Waals surface area contributed by atoms with Gasteiger partial charge in [-0.15, -0.1) is 0 Å². The third-order valence-electron chi connectivity index (χ3n) is 4.09. The molecule has 1 aliphatic heterocycles. The highest BCUT2D eigenvalue weighted by Crippen LogP contribution is 2.32. The molecule has 1 saturated heterocycles. The highest BCUT2D eigenvalue weighted by molar-refractivity contribution is 6.07. The van der Waals surface area contributed by atoms with Crippen molar-refractivity contribution < 1.29 is 23.6 Å². The highest BCUT2D eigenvalue weighted by Gasteiger charge is 2.51. The Morgan fingerprint density at radius 3 is 2.44 bits per heavy atom. The predicted octanol–water partition coefficient (Wildman–Crippen LogP) is 0.829. The Balaban J connectivity index is 2.13. The monoisotopic (exact) mass is 350 g/mol. The van der Waals surface area contributed by atoms with Crippen LogP contribution in [-0.4, -0.2) is 42.4 Å². The predicted molar refractivity (Wildman–Crippen MR) is 85.8 cm³/mol. The van der Waals surface area contributed by atoms with Crippen LogP contribution in [0.25, 0.3) is 0 Å². The third-order valence-corrected chi connectivity index (χ3v) is 4.09. The number of rotatable bonds is 5. The van der Waals surface area contributed by atoms with Crippen molar-refractivity contribution in [3.63, 3.8) is 0 Å². The Bertz CT molecular complexity index is 707. The molecule has 0 spiro atoms. The SMILES string of the molecule is CCC1(c2ccc(F)cc2)NC(=O)N(CCC(=O)NC(=O)NC)C1=O. The number of imide groups is 2. The molecule has 8 nitrogen and oxygen atoms in total. The molecule has 9 heteroatoms. The van der Waals surface area contributed by atoms with Crippen molar-refractivity contribution in [3.8, 4) is 0 Å². The molecule has 134 valence electrons. The van der Waals surface area contributed by atoms with Gasteiger partial charge in [0.25, 0.3) is 5.91 Å². The molecule has 0 saturated carbocycles. The number of benzene rings is 1. The lowest BCUT2D eigenvalue weighted by molar-refractivity contribution is -0.132. The summed E-state index contributed by atoms with van der Waals surface area (Å²) < 4.78 is 13.1. The fourth-order valence-electron chi connectivity index (χ4n) is 2.67. The minimum atomic E-state index is -1.29. The number of hydrogen-bond donors (Lipinski definition) is 3. The van der Waals surface area contributed by atoms with Crippen LogP contribution >= 0.6 is 0 Å². The average Bonchev–Trinajstić information content (AvgIpc) is 2.84. The molecule has 0 bridgehead atoms. The zero-order chi connectivity index (χ0) is 18.6. The minimum absolute atomic E-state index is 0.170. The van der Waals surface area contributed by atoms with Gasteiger partial charge in [-0.2, -0.15) is 0 Å². The zero-order valence-corrected chi connectivity index (χ0v) is 13.9. The van der Waals surface area contributed by atoms with Crippen molar-refractivity contribution in [2.45, 2.75) is 25.3 Å². The summed E-state index contributed by atoms with van der Waals surface area (Å²) in [6.45, 7) is 1.56. The minimum Gasteiger partial charge on any atom is -0.341 e. The van der Waals surface area contributed by atoms with Crippen LogP contribution in [0.4, 0.5) is 14.0 Å². The van der Waals surface area contributed by atoms with Gasteiger partial charge < -0.3 is 10.6 Å². The van der Waals surface area contributed by atoms with Crippen molar-refractivity contribution >= 4 is 23.9 Å². The number of urea groups is 2. The molecule has 25 heavy (non-hydrogen) atoms. The van der Waals surface area contributed by atoms with Crippen LogP contribution in [0, 0.1) is 5.82 Å². The lowest BCUT2D eigenvalue weighted by Gasteiger charge is -2.25. The molecule has 3 N–H and O–H groups in total.